The fourth-order valence-electron chi connectivity index (χ4n) is 4.15. The quantitative estimate of drug-likeness (QED) is 0.352. The summed E-state index contributed by atoms with van der Waals surface area (Å²) in [4.78, 5) is 30.2. The van der Waals surface area contributed by atoms with Crippen LogP contribution in [0.25, 0.3) is 22.3 Å². The van der Waals surface area contributed by atoms with Gasteiger partial charge in [-0.1, -0.05) is 0 Å². The minimum atomic E-state index is -2.97. The highest BCUT2D eigenvalue weighted by molar-refractivity contribution is 7.91. The molecule has 35 heavy (non-hydrogen) atoms. The van der Waals surface area contributed by atoms with Gasteiger partial charge in [-0.05, 0) is 12.8 Å². The minimum absolute atomic E-state index is 0.0163. The Morgan fingerprint density at radius 3 is 2.63 bits per heavy atom. The van der Waals surface area contributed by atoms with E-state index in [0.717, 1.165) is 5.52 Å². The third-order valence-electron chi connectivity index (χ3n) is 6.02. The maximum atomic E-state index is 12.3. The van der Waals surface area contributed by atoms with Gasteiger partial charge in [-0.3, -0.25) is 14.5 Å². The van der Waals surface area contributed by atoms with E-state index in [-0.39, 0.29) is 29.1 Å². The topological polar surface area (TPSA) is 176 Å². The molecule has 0 aliphatic carbocycles. The van der Waals surface area contributed by atoms with Gasteiger partial charge in [0, 0.05) is 26.5 Å². The van der Waals surface area contributed by atoms with Crippen LogP contribution >= 0.6 is 0 Å². The second-order valence-corrected chi connectivity index (χ2v) is 10.7. The van der Waals surface area contributed by atoms with Crippen LogP contribution in [-0.2, 0) is 16.9 Å². The summed E-state index contributed by atoms with van der Waals surface area (Å²) >= 11 is 0. The number of hydrogen-bond donors (Lipinski definition) is 3. The molecule has 0 saturated carbocycles. The maximum Gasteiger partial charge on any atom is 0.271 e. The number of aryl methyl sites for hydroxylation is 1. The predicted molar refractivity (Wildman–Crippen MR) is 130 cm³/mol. The smallest absolute Gasteiger partial charge is 0.271 e. The van der Waals surface area contributed by atoms with Crippen molar-refractivity contribution in [3.8, 4) is 11.3 Å². The van der Waals surface area contributed by atoms with Crippen LogP contribution in [0.4, 0.5) is 17.3 Å². The number of nitrogens with zero attached hydrogens (tertiary/aromatic N) is 7. The van der Waals surface area contributed by atoms with Gasteiger partial charge in [0.05, 0.1) is 53.0 Å². The number of carbonyl (C=O) groups excluding carboxylic acids is 1. The molecule has 0 atom stereocenters. The SMILES string of the molecule is CNc1nc(Nc2cnn(C3CCS(=O)(=O)CC3)c2)c(C(N)=O)nc1-c1cncc2c1ncn2C. The summed E-state index contributed by atoms with van der Waals surface area (Å²) < 4.78 is 27.0. The van der Waals surface area contributed by atoms with Crippen LogP contribution in [0.2, 0.25) is 0 Å². The van der Waals surface area contributed by atoms with Crippen LogP contribution in [0.15, 0.2) is 31.1 Å². The molecule has 5 heterocycles. The van der Waals surface area contributed by atoms with Crippen LogP contribution in [-0.4, -0.2) is 67.2 Å². The predicted octanol–water partition coefficient (Wildman–Crippen LogP) is 1.26. The highest BCUT2D eigenvalue weighted by Crippen LogP contribution is 2.32. The number of rotatable bonds is 6. The lowest BCUT2D eigenvalue weighted by Gasteiger charge is -2.22. The van der Waals surface area contributed by atoms with Crippen LogP contribution in [0.5, 0.6) is 0 Å². The van der Waals surface area contributed by atoms with E-state index in [1.165, 1.54) is 0 Å². The zero-order valence-electron chi connectivity index (χ0n) is 19.1. The van der Waals surface area contributed by atoms with Gasteiger partial charge in [0.2, 0.25) is 0 Å². The van der Waals surface area contributed by atoms with E-state index >= 15 is 0 Å². The number of imidazole rings is 1. The van der Waals surface area contributed by atoms with E-state index in [9.17, 15) is 13.2 Å². The molecule has 1 saturated heterocycles. The van der Waals surface area contributed by atoms with Gasteiger partial charge >= 0.3 is 0 Å². The Kier molecular flexibility index (Phi) is 5.59. The fraction of sp³-hybridized carbons (Fsp3) is 0.333. The Morgan fingerprint density at radius 1 is 1.14 bits per heavy atom. The third kappa shape index (κ3) is 4.27. The van der Waals surface area contributed by atoms with Crippen molar-refractivity contribution in [2.45, 2.75) is 18.9 Å². The van der Waals surface area contributed by atoms with Gasteiger partial charge in [-0.15, -0.1) is 0 Å². The van der Waals surface area contributed by atoms with Crippen molar-refractivity contribution in [3.05, 3.63) is 36.8 Å². The lowest BCUT2D eigenvalue weighted by Crippen LogP contribution is -2.25. The van der Waals surface area contributed by atoms with Crippen molar-refractivity contribution in [1.29, 1.82) is 0 Å². The fourth-order valence-corrected chi connectivity index (χ4v) is 5.62. The first kappa shape index (κ1) is 22.7. The van der Waals surface area contributed by atoms with E-state index in [2.05, 4.69) is 35.7 Å². The summed E-state index contributed by atoms with van der Waals surface area (Å²) in [6, 6.07) is -0.0163. The molecule has 4 N–H and O–H groups in total. The largest absolute Gasteiger partial charge is 0.371 e. The lowest BCUT2D eigenvalue weighted by molar-refractivity contribution is 0.0996. The highest BCUT2D eigenvalue weighted by Gasteiger charge is 2.26. The van der Waals surface area contributed by atoms with E-state index < -0.39 is 15.7 Å². The molecule has 13 nitrogen and oxygen atoms in total. The summed E-state index contributed by atoms with van der Waals surface area (Å²) in [5, 5.41) is 10.5. The molecule has 1 aliphatic heterocycles. The number of pyridine rings is 1. The second-order valence-electron chi connectivity index (χ2n) is 8.36. The van der Waals surface area contributed by atoms with Gasteiger partial charge in [0.1, 0.15) is 21.0 Å². The zero-order chi connectivity index (χ0) is 24.7. The molecule has 0 bridgehead atoms. The maximum absolute atomic E-state index is 12.3. The lowest BCUT2D eigenvalue weighted by atomic mass is 10.1. The molecular formula is C21H24N10O3S. The Balaban J connectivity index is 1.50. The zero-order valence-corrected chi connectivity index (χ0v) is 19.9. The molecular weight excluding hydrogens is 472 g/mol. The van der Waals surface area contributed by atoms with Gasteiger partial charge < -0.3 is 20.9 Å². The molecule has 1 fully saturated rings. The number of sulfone groups is 1. The number of aromatic nitrogens is 7. The standard InChI is InChI=1S/C21H24N10O3S/c1-23-20-17(14-8-24-9-15-16(14)25-11-30(15)2)28-18(19(22)32)21(29-20)27-12-7-26-31(10-12)13-3-5-35(33,34)6-4-13/h7-11,13H,3-6H2,1-2H3,(H2,22,32)(H2,23,27,29). The third-order valence-corrected chi connectivity index (χ3v) is 7.74. The van der Waals surface area contributed by atoms with Crippen LogP contribution < -0.4 is 16.4 Å². The monoisotopic (exact) mass is 496 g/mol. The van der Waals surface area contributed by atoms with E-state index in [0.29, 0.717) is 41.1 Å². The molecule has 5 rings (SSSR count). The minimum Gasteiger partial charge on any atom is -0.371 e. The molecule has 1 amide bonds. The summed E-state index contributed by atoms with van der Waals surface area (Å²) in [5.74, 6) is 0.0973. The van der Waals surface area contributed by atoms with Crippen LogP contribution in [0, 0.1) is 0 Å². The number of fused-ring (bicyclic) bond motifs is 1. The normalized spacial score (nSPS) is 15.8. The first-order valence-corrected chi connectivity index (χ1v) is 12.7. The summed E-state index contributed by atoms with van der Waals surface area (Å²) in [7, 11) is 0.586. The molecule has 0 aromatic carbocycles. The van der Waals surface area contributed by atoms with Crippen LogP contribution in [0.1, 0.15) is 29.4 Å². The number of hydrogen-bond acceptors (Lipinski definition) is 10. The molecule has 0 radical (unpaired) electrons. The summed E-state index contributed by atoms with van der Waals surface area (Å²) in [6.07, 6.45) is 9.33. The summed E-state index contributed by atoms with van der Waals surface area (Å²) in [5.41, 5.74) is 8.64. The van der Waals surface area contributed by atoms with Gasteiger partial charge in [-0.2, -0.15) is 5.10 Å². The van der Waals surface area contributed by atoms with Crippen molar-refractivity contribution in [1.82, 2.24) is 34.3 Å². The van der Waals surface area contributed by atoms with Gasteiger partial charge in [0.15, 0.2) is 17.3 Å². The molecule has 4 aromatic rings. The van der Waals surface area contributed by atoms with Crippen molar-refractivity contribution in [3.63, 3.8) is 0 Å². The number of amides is 1. The molecule has 0 unspecified atom stereocenters. The van der Waals surface area contributed by atoms with Gasteiger partial charge in [-0.25, -0.2) is 23.4 Å². The number of primary amides is 1. The molecule has 0 spiro atoms. The van der Waals surface area contributed by atoms with Crippen LogP contribution in [0.3, 0.4) is 0 Å². The number of nitrogens with two attached hydrogens (primary N) is 1. The Labute approximate surface area is 200 Å². The Morgan fingerprint density at radius 2 is 1.91 bits per heavy atom. The Bertz CT molecular complexity index is 1530. The average molecular weight is 497 g/mol. The van der Waals surface area contributed by atoms with Crippen molar-refractivity contribution < 1.29 is 13.2 Å². The van der Waals surface area contributed by atoms with E-state index in [1.54, 1.807) is 42.8 Å². The first-order valence-electron chi connectivity index (χ1n) is 10.9. The molecule has 182 valence electrons. The Hall–Kier alpha value is -4.07. The molecule has 1 aliphatic rings. The van der Waals surface area contributed by atoms with Crippen molar-refractivity contribution >= 4 is 44.1 Å². The van der Waals surface area contributed by atoms with E-state index in [4.69, 9.17) is 5.73 Å². The van der Waals surface area contributed by atoms with E-state index in [1.807, 2.05) is 11.6 Å². The summed E-state index contributed by atoms with van der Waals surface area (Å²) in [6.45, 7) is 0. The van der Waals surface area contributed by atoms with Crippen molar-refractivity contribution in [2.24, 2.45) is 12.8 Å². The average Bonchev–Trinajstić information content (AvgIpc) is 3.45. The number of anilines is 3. The second kappa shape index (κ2) is 8.61. The molecule has 14 heteroatoms. The highest BCUT2D eigenvalue weighted by atomic mass is 32.2. The first-order chi connectivity index (χ1) is 16.8. The number of nitrogens with one attached hydrogen (secondary N) is 2. The van der Waals surface area contributed by atoms with Gasteiger partial charge in [0.25, 0.3) is 5.91 Å². The number of carbonyl (C=O) groups is 1. The molecule has 4 aromatic heterocycles. The van der Waals surface area contributed by atoms with Crippen molar-refractivity contribution in [2.75, 3.05) is 29.2 Å².